The average molecular weight is 222 g/mol. The predicted molar refractivity (Wildman–Crippen MR) is 55.1 cm³/mol. The number of halogens is 1. The summed E-state index contributed by atoms with van der Waals surface area (Å²) in [5.74, 6) is 0. The number of hydrogen-bond acceptors (Lipinski definition) is 4. The number of aromatic nitrogens is 2. The molecule has 0 aliphatic heterocycles. The van der Waals surface area contributed by atoms with Gasteiger partial charge in [-0.2, -0.15) is 5.26 Å². The second-order valence-electron chi connectivity index (χ2n) is 2.47. The molecular weight excluding hydrogens is 218 g/mol. The highest BCUT2D eigenvalue weighted by atomic mass is 35.5. The summed E-state index contributed by atoms with van der Waals surface area (Å²) in [5.41, 5.74) is 0.998. The largest absolute Gasteiger partial charge is 0.254 e. The maximum Gasteiger partial charge on any atom is 0.170 e. The van der Waals surface area contributed by atoms with Crippen LogP contribution in [0.25, 0.3) is 10.7 Å². The van der Waals surface area contributed by atoms with Crippen LogP contribution in [0.3, 0.4) is 0 Å². The summed E-state index contributed by atoms with van der Waals surface area (Å²) in [7, 11) is 0. The Morgan fingerprint density at radius 1 is 1.43 bits per heavy atom. The Bertz CT molecular complexity index is 487. The lowest BCUT2D eigenvalue weighted by molar-refractivity contribution is 1.27. The molecule has 0 N–H and O–H groups in total. The van der Waals surface area contributed by atoms with E-state index in [0.29, 0.717) is 9.34 Å². The first kappa shape index (κ1) is 9.13. The topological polar surface area (TPSA) is 49.6 Å². The predicted octanol–water partition coefficient (Wildman–Crippen LogP) is 2.73. The molecule has 0 unspecified atom stereocenters. The van der Waals surface area contributed by atoms with Crippen LogP contribution >= 0.6 is 22.9 Å². The third kappa shape index (κ3) is 1.60. The van der Waals surface area contributed by atoms with E-state index in [1.807, 2.05) is 24.3 Å². The zero-order valence-electron chi connectivity index (χ0n) is 6.94. The second kappa shape index (κ2) is 3.74. The number of thiazole rings is 1. The third-order valence-corrected chi connectivity index (χ3v) is 2.85. The van der Waals surface area contributed by atoms with Gasteiger partial charge in [-0.05, 0) is 12.1 Å². The molecule has 0 aliphatic carbocycles. The second-order valence-corrected chi connectivity index (χ2v) is 4.07. The lowest BCUT2D eigenvalue weighted by atomic mass is 10.4. The van der Waals surface area contributed by atoms with E-state index in [1.165, 1.54) is 11.3 Å². The van der Waals surface area contributed by atoms with E-state index in [0.717, 1.165) is 5.69 Å². The van der Waals surface area contributed by atoms with Crippen molar-refractivity contribution in [3.63, 3.8) is 0 Å². The van der Waals surface area contributed by atoms with Crippen molar-refractivity contribution in [1.82, 2.24) is 9.97 Å². The van der Waals surface area contributed by atoms with Gasteiger partial charge in [0.2, 0.25) is 0 Å². The summed E-state index contributed by atoms with van der Waals surface area (Å²) in [6.07, 6.45) is 1.68. The van der Waals surface area contributed by atoms with Crippen LogP contribution in [0.5, 0.6) is 0 Å². The van der Waals surface area contributed by atoms with Crippen LogP contribution in [0.4, 0.5) is 0 Å². The highest BCUT2D eigenvalue weighted by Crippen LogP contribution is 2.29. The van der Waals surface area contributed by atoms with Crippen LogP contribution < -0.4 is 0 Å². The number of hydrogen-bond donors (Lipinski definition) is 0. The molecule has 0 spiro atoms. The fourth-order valence-corrected chi connectivity index (χ4v) is 1.99. The Kier molecular flexibility index (Phi) is 2.44. The highest BCUT2D eigenvalue weighted by Gasteiger charge is 2.10. The summed E-state index contributed by atoms with van der Waals surface area (Å²) in [5, 5.41) is 9.34. The van der Waals surface area contributed by atoms with E-state index in [9.17, 15) is 0 Å². The fourth-order valence-electron chi connectivity index (χ4n) is 0.969. The van der Waals surface area contributed by atoms with E-state index in [-0.39, 0.29) is 5.69 Å². The summed E-state index contributed by atoms with van der Waals surface area (Å²) in [6, 6.07) is 7.44. The Morgan fingerprint density at radius 3 is 2.86 bits per heavy atom. The van der Waals surface area contributed by atoms with Crippen LogP contribution in [0.2, 0.25) is 4.34 Å². The number of nitriles is 1. The maximum atomic E-state index is 8.67. The molecule has 2 aromatic heterocycles. The first-order valence-corrected chi connectivity index (χ1v) is 4.98. The molecular formula is C9H4ClN3S. The summed E-state index contributed by atoms with van der Waals surface area (Å²) >= 11 is 7.06. The molecule has 0 radical (unpaired) electrons. The first-order valence-electron chi connectivity index (χ1n) is 3.79. The van der Waals surface area contributed by atoms with Crippen molar-refractivity contribution < 1.29 is 0 Å². The van der Waals surface area contributed by atoms with Crippen molar-refractivity contribution in [2.75, 3.05) is 0 Å². The van der Waals surface area contributed by atoms with Gasteiger partial charge in [0, 0.05) is 6.20 Å². The Balaban J connectivity index is 2.50. The van der Waals surface area contributed by atoms with Gasteiger partial charge >= 0.3 is 0 Å². The molecule has 0 amide bonds. The zero-order valence-corrected chi connectivity index (χ0v) is 8.51. The van der Waals surface area contributed by atoms with Gasteiger partial charge in [-0.1, -0.05) is 29.0 Å². The van der Waals surface area contributed by atoms with E-state index >= 15 is 0 Å². The van der Waals surface area contributed by atoms with Crippen LogP contribution in [-0.4, -0.2) is 9.97 Å². The van der Waals surface area contributed by atoms with E-state index < -0.39 is 0 Å². The van der Waals surface area contributed by atoms with E-state index in [4.69, 9.17) is 16.9 Å². The summed E-state index contributed by atoms with van der Waals surface area (Å²) in [6.45, 7) is 0. The summed E-state index contributed by atoms with van der Waals surface area (Å²) in [4.78, 5) is 8.18. The maximum absolute atomic E-state index is 8.67. The molecule has 14 heavy (non-hydrogen) atoms. The molecule has 0 bridgehead atoms. The van der Waals surface area contributed by atoms with Crippen molar-refractivity contribution in [2.45, 2.75) is 0 Å². The third-order valence-electron chi connectivity index (χ3n) is 1.58. The molecule has 0 saturated heterocycles. The number of pyridine rings is 1. The van der Waals surface area contributed by atoms with Gasteiger partial charge in [-0.3, -0.25) is 4.98 Å². The van der Waals surface area contributed by atoms with E-state index in [2.05, 4.69) is 9.97 Å². The molecule has 2 aromatic rings. The van der Waals surface area contributed by atoms with Crippen molar-refractivity contribution in [3.8, 4) is 16.8 Å². The van der Waals surface area contributed by atoms with Gasteiger partial charge in [0.25, 0.3) is 0 Å². The van der Waals surface area contributed by atoms with Gasteiger partial charge in [-0.15, -0.1) is 0 Å². The van der Waals surface area contributed by atoms with Gasteiger partial charge in [0.05, 0.1) is 5.69 Å². The minimum absolute atomic E-state index is 0.261. The number of rotatable bonds is 1. The molecule has 0 saturated carbocycles. The van der Waals surface area contributed by atoms with Crippen molar-refractivity contribution in [2.24, 2.45) is 0 Å². The fraction of sp³-hybridized carbons (Fsp3) is 0. The normalized spacial score (nSPS) is 9.71. The molecule has 3 nitrogen and oxygen atoms in total. The van der Waals surface area contributed by atoms with Crippen molar-refractivity contribution >= 4 is 22.9 Å². The van der Waals surface area contributed by atoms with Crippen LogP contribution in [0.15, 0.2) is 24.4 Å². The lowest BCUT2D eigenvalue weighted by Crippen LogP contribution is -1.80. The minimum atomic E-state index is 0.261. The quantitative estimate of drug-likeness (QED) is 0.744. The SMILES string of the molecule is N#Cc1nc(-c2ccccn2)sc1Cl. The van der Waals surface area contributed by atoms with Gasteiger partial charge in [0.1, 0.15) is 15.4 Å². The molecule has 5 heteroatoms. The molecule has 0 aromatic carbocycles. The smallest absolute Gasteiger partial charge is 0.170 e. The summed E-state index contributed by atoms with van der Waals surface area (Å²) < 4.78 is 0.410. The van der Waals surface area contributed by atoms with Crippen molar-refractivity contribution in [1.29, 1.82) is 5.26 Å². The molecule has 68 valence electrons. The van der Waals surface area contributed by atoms with Crippen LogP contribution in [0, 0.1) is 11.3 Å². The van der Waals surface area contributed by atoms with Gasteiger partial charge in [0.15, 0.2) is 5.69 Å². The van der Waals surface area contributed by atoms with Gasteiger partial charge < -0.3 is 0 Å². The zero-order chi connectivity index (χ0) is 9.97. The molecule has 2 heterocycles. The Hall–Kier alpha value is -1.44. The molecule has 2 rings (SSSR count). The van der Waals surface area contributed by atoms with E-state index in [1.54, 1.807) is 6.20 Å². The first-order chi connectivity index (χ1) is 6.81. The monoisotopic (exact) mass is 221 g/mol. The Morgan fingerprint density at radius 2 is 2.29 bits per heavy atom. The minimum Gasteiger partial charge on any atom is -0.254 e. The Labute approximate surface area is 89.6 Å². The van der Waals surface area contributed by atoms with Crippen LogP contribution in [-0.2, 0) is 0 Å². The number of nitrogens with zero attached hydrogens (tertiary/aromatic N) is 3. The molecule has 0 fully saturated rings. The average Bonchev–Trinajstić information content (AvgIpc) is 2.61. The highest BCUT2D eigenvalue weighted by molar-refractivity contribution is 7.19. The van der Waals surface area contributed by atoms with Crippen LogP contribution in [0.1, 0.15) is 5.69 Å². The lowest BCUT2D eigenvalue weighted by Gasteiger charge is -1.90. The van der Waals surface area contributed by atoms with Crippen molar-refractivity contribution in [3.05, 3.63) is 34.4 Å². The molecule has 0 atom stereocenters. The standard InChI is InChI=1S/C9H4ClN3S/c10-8-7(5-11)13-9(14-8)6-3-1-2-4-12-6/h1-4H. The molecule has 0 aliphatic rings. The van der Waals surface area contributed by atoms with Gasteiger partial charge in [-0.25, -0.2) is 4.98 Å².